The van der Waals surface area contributed by atoms with Gasteiger partial charge in [0, 0.05) is 7.11 Å². The molecular weight excluding hydrogens is 230 g/mol. The van der Waals surface area contributed by atoms with E-state index in [-0.39, 0.29) is 0 Å². The molecule has 0 radical (unpaired) electrons. The molecule has 0 rings (SSSR count). The van der Waals surface area contributed by atoms with E-state index in [0.717, 1.165) is 13.5 Å². The highest BCUT2D eigenvalue weighted by atomic mass is 35.6. The summed E-state index contributed by atoms with van der Waals surface area (Å²) in [7, 11) is 1.00. The Morgan fingerprint density at radius 3 is 1.77 bits per heavy atom. The Labute approximate surface area is 96.4 Å². The first-order chi connectivity index (χ1) is 6.06. The average Bonchev–Trinajstić information content (AvgIpc) is 2.06. The number of unbranched alkanes of at least 4 members (excludes halogenated alkanes) is 4. The lowest BCUT2D eigenvalue weighted by Gasteiger charge is -2.09. The van der Waals surface area contributed by atoms with Crippen molar-refractivity contribution in [2.75, 3.05) is 7.11 Å². The van der Waals surface area contributed by atoms with Crippen LogP contribution in [0.25, 0.3) is 0 Å². The molecule has 0 atom stereocenters. The molecule has 0 amide bonds. The second kappa shape index (κ2) is 10.9. The number of halogens is 3. The minimum Gasteiger partial charge on any atom is -0.400 e. The molecule has 0 aromatic carbocycles. The van der Waals surface area contributed by atoms with Crippen LogP contribution in [0.15, 0.2) is 0 Å². The van der Waals surface area contributed by atoms with Gasteiger partial charge in [0.25, 0.3) is 0 Å². The van der Waals surface area contributed by atoms with E-state index in [0.29, 0.717) is 6.42 Å². The molecule has 1 N–H and O–H groups in total. The Hall–Kier alpha value is 0.830. The van der Waals surface area contributed by atoms with E-state index in [9.17, 15) is 0 Å². The van der Waals surface area contributed by atoms with E-state index in [1.165, 1.54) is 25.7 Å². The standard InChI is InChI=1S/C8H15Cl3.CH4O/c1-2-3-4-5-6-7-8(9,10)11;1-2/h2-7H2,1H3;2H,1H3. The summed E-state index contributed by atoms with van der Waals surface area (Å²) in [5.41, 5.74) is 0. The van der Waals surface area contributed by atoms with Gasteiger partial charge < -0.3 is 5.11 Å². The molecule has 0 fully saturated rings. The molecule has 0 aliphatic carbocycles. The number of hydrogen-bond donors (Lipinski definition) is 1. The minimum absolute atomic E-state index is 0.682. The molecule has 1 nitrogen and oxygen atoms in total. The fourth-order valence-corrected chi connectivity index (χ4v) is 1.33. The van der Waals surface area contributed by atoms with Crippen molar-refractivity contribution in [2.24, 2.45) is 0 Å². The summed E-state index contributed by atoms with van der Waals surface area (Å²) in [5.74, 6) is 0. The molecule has 82 valence electrons. The normalized spacial score (nSPS) is 10.6. The number of aliphatic hydroxyl groups is 1. The van der Waals surface area contributed by atoms with Crippen LogP contribution in [0.5, 0.6) is 0 Å². The maximum Gasteiger partial charge on any atom is 0.190 e. The number of hydrogen-bond acceptors (Lipinski definition) is 1. The SMILES string of the molecule is CCCCCCCC(Cl)(Cl)Cl.CO. The van der Waals surface area contributed by atoms with Crippen LogP contribution in [0.1, 0.15) is 45.4 Å². The summed E-state index contributed by atoms with van der Waals surface area (Å²) < 4.78 is -1.04. The molecule has 0 heterocycles. The van der Waals surface area contributed by atoms with Crippen molar-refractivity contribution in [1.29, 1.82) is 0 Å². The molecule has 0 unspecified atom stereocenters. The van der Waals surface area contributed by atoms with Crippen molar-refractivity contribution in [3.63, 3.8) is 0 Å². The van der Waals surface area contributed by atoms with Gasteiger partial charge in [0.05, 0.1) is 0 Å². The van der Waals surface area contributed by atoms with Crippen LogP contribution in [0, 0.1) is 0 Å². The topological polar surface area (TPSA) is 20.2 Å². The Bertz CT molecular complexity index is 91.4. The van der Waals surface area contributed by atoms with Crippen LogP contribution in [0.2, 0.25) is 0 Å². The van der Waals surface area contributed by atoms with Crippen molar-refractivity contribution in [2.45, 2.75) is 49.2 Å². The van der Waals surface area contributed by atoms with Crippen LogP contribution < -0.4 is 0 Å². The van der Waals surface area contributed by atoms with Crippen molar-refractivity contribution >= 4 is 34.8 Å². The Balaban J connectivity index is 0. The maximum absolute atomic E-state index is 7.00. The molecule has 13 heavy (non-hydrogen) atoms. The third kappa shape index (κ3) is 19.3. The second-order valence-corrected chi connectivity index (χ2v) is 5.30. The van der Waals surface area contributed by atoms with Gasteiger partial charge in [-0.3, -0.25) is 0 Å². The highest BCUT2D eigenvalue weighted by molar-refractivity contribution is 6.67. The molecular formula is C9H19Cl3O. The van der Waals surface area contributed by atoms with Crippen LogP contribution >= 0.6 is 34.8 Å². The third-order valence-electron chi connectivity index (χ3n) is 1.56. The van der Waals surface area contributed by atoms with Crippen LogP contribution in [-0.2, 0) is 0 Å². The average molecular weight is 250 g/mol. The van der Waals surface area contributed by atoms with Gasteiger partial charge >= 0.3 is 0 Å². The van der Waals surface area contributed by atoms with Crippen molar-refractivity contribution < 1.29 is 5.11 Å². The second-order valence-electron chi connectivity index (χ2n) is 2.78. The van der Waals surface area contributed by atoms with Gasteiger partial charge in [-0.05, 0) is 12.8 Å². The van der Waals surface area contributed by atoms with Crippen molar-refractivity contribution in [1.82, 2.24) is 0 Å². The molecule has 0 saturated heterocycles. The summed E-state index contributed by atoms with van der Waals surface area (Å²) in [5, 5.41) is 7.00. The quantitative estimate of drug-likeness (QED) is 0.568. The summed E-state index contributed by atoms with van der Waals surface area (Å²) in [4.78, 5) is 0. The van der Waals surface area contributed by atoms with Gasteiger partial charge in [-0.15, -0.1) is 0 Å². The third-order valence-corrected chi connectivity index (χ3v) is 2.13. The van der Waals surface area contributed by atoms with Crippen LogP contribution in [0.3, 0.4) is 0 Å². The van der Waals surface area contributed by atoms with E-state index in [2.05, 4.69) is 6.92 Å². The monoisotopic (exact) mass is 248 g/mol. The van der Waals surface area contributed by atoms with E-state index in [1.54, 1.807) is 0 Å². The Morgan fingerprint density at radius 2 is 1.38 bits per heavy atom. The molecule has 0 aromatic heterocycles. The van der Waals surface area contributed by atoms with E-state index < -0.39 is 3.79 Å². The van der Waals surface area contributed by atoms with Gasteiger partial charge in [-0.1, -0.05) is 67.4 Å². The van der Waals surface area contributed by atoms with Crippen molar-refractivity contribution in [3.8, 4) is 0 Å². The van der Waals surface area contributed by atoms with E-state index in [1.807, 2.05) is 0 Å². The van der Waals surface area contributed by atoms with E-state index in [4.69, 9.17) is 39.9 Å². The van der Waals surface area contributed by atoms with E-state index >= 15 is 0 Å². The Morgan fingerprint density at radius 1 is 0.923 bits per heavy atom. The molecule has 0 aliphatic heterocycles. The van der Waals surface area contributed by atoms with Crippen molar-refractivity contribution in [3.05, 3.63) is 0 Å². The highest BCUT2D eigenvalue weighted by Gasteiger charge is 2.17. The molecule has 0 spiro atoms. The predicted octanol–water partition coefficient (Wildman–Crippen LogP) is 4.33. The van der Waals surface area contributed by atoms with Crippen LogP contribution in [0.4, 0.5) is 0 Å². The largest absolute Gasteiger partial charge is 0.400 e. The van der Waals surface area contributed by atoms with Gasteiger partial charge in [-0.2, -0.15) is 0 Å². The van der Waals surface area contributed by atoms with Gasteiger partial charge in [-0.25, -0.2) is 0 Å². The highest BCUT2D eigenvalue weighted by Crippen LogP contribution is 2.32. The lowest BCUT2D eigenvalue weighted by molar-refractivity contribution is 0.399. The first-order valence-electron chi connectivity index (χ1n) is 4.57. The number of rotatable bonds is 5. The number of alkyl halides is 3. The summed E-state index contributed by atoms with van der Waals surface area (Å²) in [6.07, 6.45) is 6.70. The Kier molecular flexibility index (Phi) is 13.6. The van der Waals surface area contributed by atoms with Gasteiger partial charge in [0.1, 0.15) is 0 Å². The van der Waals surface area contributed by atoms with Crippen LogP contribution in [-0.4, -0.2) is 16.0 Å². The van der Waals surface area contributed by atoms with Gasteiger partial charge in [0.15, 0.2) is 3.79 Å². The zero-order chi connectivity index (χ0) is 10.7. The zero-order valence-electron chi connectivity index (χ0n) is 8.32. The maximum atomic E-state index is 7.00. The molecule has 0 aromatic rings. The fraction of sp³-hybridized carbons (Fsp3) is 1.00. The minimum atomic E-state index is -1.04. The summed E-state index contributed by atoms with van der Waals surface area (Å²) in [6.45, 7) is 2.19. The zero-order valence-corrected chi connectivity index (χ0v) is 10.6. The first kappa shape index (κ1) is 16.3. The molecule has 0 aliphatic rings. The molecule has 0 saturated carbocycles. The lowest BCUT2D eigenvalue weighted by Crippen LogP contribution is -2.00. The molecule has 0 bridgehead atoms. The predicted molar refractivity (Wildman–Crippen MR) is 61.8 cm³/mol. The first-order valence-corrected chi connectivity index (χ1v) is 5.71. The summed E-state index contributed by atoms with van der Waals surface area (Å²) in [6, 6.07) is 0. The smallest absolute Gasteiger partial charge is 0.190 e. The lowest BCUT2D eigenvalue weighted by atomic mass is 10.1. The molecule has 4 heteroatoms. The fourth-order valence-electron chi connectivity index (χ4n) is 0.929. The van der Waals surface area contributed by atoms with Gasteiger partial charge in [0.2, 0.25) is 0 Å². The number of aliphatic hydroxyl groups excluding tert-OH is 1. The summed E-state index contributed by atoms with van der Waals surface area (Å²) >= 11 is 16.7.